The van der Waals surface area contributed by atoms with Gasteiger partial charge in [-0.2, -0.15) is 0 Å². The quantitative estimate of drug-likeness (QED) is 0.549. The second-order valence-corrected chi connectivity index (χ2v) is 7.19. The first-order valence-corrected chi connectivity index (χ1v) is 9.76. The average Bonchev–Trinajstić information content (AvgIpc) is 2.97. The third-order valence-electron chi connectivity index (χ3n) is 5.21. The number of carbonyl (C=O) groups is 1. The van der Waals surface area contributed by atoms with Crippen LogP contribution in [0.4, 0.5) is 5.69 Å². The highest BCUT2D eigenvalue weighted by Gasteiger charge is 2.22. The van der Waals surface area contributed by atoms with Crippen LogP contribution in [0.3, 0.4) is 0 Å². The van der Waals surface area contributed by atoms with Gasteiger partial charge in [0.2, 0.25) is 0 Å². The Kier molecular flexibility index (Phi) is 5.14. The molecule has 0 aliphatic rings. The summed E-state index contributed by atoms with van der Waals surface area (Å²) in [6, 6.07) is 22.9. The van der Waals surface area contributed by atoms with E-state index in [-0.39, 0.29) is 17.2 Å². The fourth-order valence-electron chi connectivity index (χ4n) is 3.44. The van der Waals surface area contributed by atoms with Crippen molar-refractivity contribution < 1.29 is 9.53 Å². The first-order chi connectivity index (χ1) is 14.5. The molecule has 4 aromatic rings. The number of ether oxygens (including phenoxy) is 1. The number of amides is 1. The lowest BCUT2D eigenvalue weighted by molar-refractivity contribution is -0.122. The number of rotatable bonds is 5. The standard InChI is InChI=1S/C24H23N3O3/c1-16-22(24(29)27(26(16)3)20-11-5-4-6-12-20)25-23(28)17(2)30-21-14-13-18-9-7-8-10-19(18)15-21/h4-15,17H,1-3H3,(H,25,28)/t17-/m1/s1. The number of nitrogens with zero attached hydrogens (tertiary/aromatic N) is 2. The summed E-state index contributed by atoms with van der Waals surface area (Å²) in [5.74, 6) is 0.219. The summed E-state index contributed by atoms with van der Waals surface area (Å²) in [5, 5.41) is 4.88. The first kappa shape index (κ1) is 19.5. The molecule has 6 nitrogen and oxygen atoms in total. The molecule has 0 saturated carbocycles. The predicted octanol–water partition coefficient (Wildman–Crippen LogP) is 4.04. The van der Waals surface area contributed by atoms with Crippen molar-refractivity contribution >= 4 is 22.4 Å². The second-order valence-electron chi connectivity index (χ2n) is 7.19. The fourth-order valence-corrected chi connectivity index (χ4v) is 3.44. The fraction of sp³-hybridized carbons (Fsp3) is 0.167. The van der Waals surface area contributed by atoms with Gasteiger partial charge in [0.1, 0.15) is 11.4 Å². The monoisotopic (exact) mass is 401 g/mol. The van der Waals surface area contributed by atoms with Crippen molar-refractivity contribution in [1.82, 2.24) is 9.36 Å². The molecule has 0 bridgehead atoms. The Labute approximate surface area is 174 Å². The van der Waals surface area contributed by atoms with Crippen molar-refractivity contribution in [1.29, 1.82) is 0 Å². The van der Waals surface area contributed by atoms with E-state index in [9.17, 15) is 9.59 Å². The number of nitrogens with one attached hydrogen (secondary N) is 1. The van der Waals surface area contributed by atoms with E-state index in [0.717, 1.165) is 16.5 Å². The van der Waals surface area contributed by atoms with E-state index in [4.69, 9.17) is 4.74 Å². The summed E-state index contributed by atoms with van der Waals surface area (Å²) < 4.78 is 9.08. The molecule has 1 heterocycles. The van der Waals surface area contributed by atoms with Crippen LogP contribution in [-0.4, -0.2) is 21.4 Å². The average molecular weight is 401 g/mol. The third-order valence-corrected chi connectivity index (χ3v) is 5.21. The number of hydrogen-bond donors (Lipinski definition) is 1. The molecule has 0 aliphatic heterocycles. The molecule has 30 heavy (non-hydrogen) atoms. The van der Waals surface area contributed by atoms with E-state index < -0.39 is 6.10 Å². The van der Waals surface area contributed by atoms with Crippen molar-refractivity contribution in [3.05, 3.63) is 88.8 Å². The van der Waals surface area contributed by atoms with Gasteiger partial charge in [-0.3, -0.25) is 14.3 Å². The molecule has 1 atom stereocenters. The molecule has 0 spiro atoms. The topological polar surface area (TPSA) is 65.3 Å². The Morgan fingerprint density at radius 2 is 1.63 bits per heavy atom. The summed E-state index contributed by atoms with van der Waals surface area (Å²) in [7, 11) is 1.79. The zero-order valence-corrected chi connectivity index (χ0v) is 17.1. The molecule has 4 rings (SSSR count). The van der Waals surface area contributed by atoms with Crippen LogP contribution in [0, 0.1) is 6.92 Å². The van der Waals surface area contributed by atoms with Gasteiger partial charge >= 0.3 is 0 Å². The molecule has 6 heteroatoms. The van der Waals surface area contributed by atoms with Crippen LogP contribution in [0.5, 0.6) is 5.75 Å². The highest BCUT2D eigenvalue weighted by Crippen LogP contribution is 2.22. The van der Waals surface area contributed by atoms with Gasteiger partial charge in [0.05, 0.1) is 11.4 Å². The molecule has 1 aromatic heterocycles. The Balaban J connectivity index is 1.55. The molecule has 0 radical (unpaired) electrons. The van der Waals surface area contributed by atoms with Crippen LogP contribution in [0.15, 0.2) is 77.6 Å². The van der Waals surface area contributed by atoms with E-state index in [1.54, 1.807) is 25.6 Å². The highest BCUT2D eigenvalue weighted by molar-refractivity contribution is 5.94. The maximum absolute atomic E-state index is 13.0. The molecule has 0 aliphatic carbocycles. The molecule has 1 amide bonds. The van der Waals surface area contributed by atoms with Crippen molar-refractivity contribution in [2.75, 3.05) is 5.32 Å². The maximum Gasteiger partial charge on any atom is 0.295 e. The zero-order chi connectivity index (χ0) is 21.3. The minimum absolute atomic E-state index is 0.250. The van der Waals surface area contributed by atoms with Crippen molar-refractivity contribution in [3.63, 3.8) is 0 Å². The van der Waals surface area contributed by atoms with Gasteiger partial charge in [0.15, 0.2) is 6.10 Å². The summed E-state index contributed by atoms with van der Waals surface area (Å²) in [6.07, 6.45) is -0.768. The molecular weight excluding hydrogens is 378 g/mol. The lowest BCUT2D eigenvalue weighted by Crippen LogP contribution is -2.32. The van der Waals surface area contributed by atoms with Gasteiger partial charge in [0.25, 0.3) is 11.5 Å². The molecule has 0 saturated heterocycles. The number of aromatic nitrogens is 2. The van der Waals surface area contributed by atoms with E-state index in [1.807, 2.05) is 72.8 Å². The van der Waals surface area contributed by atoms with Crippen molar-refractivity contribution in [3.8, 4) is 11.4 Å². The minimum Gasteiger partial charge on any atom is -0.481 e. The minimum atomic E-state index is -0.768. The van der Waals surface area contributed by atoms with Crippen LogP contribution < -0.4 is 15.6 Å². The summed E-state index contributed by atoms with van der Waals surface area (Å²) in [6.45, 7) is 3.46. The summed E-state index contributed by atoms with van der Waals surface area (Å²) >= 11 is 0. The van der Waals surface area contributed by atoms with Gasteiger partial charge in [-0.05, 0) is 48.9 Å². The van der Waals surface area contributed by atoms with E-state index >= 15 is 0 Å². The third kappa shape index (κ3) is 3.59. The Hall–Kier alpha value is -3.80. The van der Waals surface area contributed by atoms with Crippen LogP contribution in [0.2, 0.25) is 0 Å². The SMILES string of the molecule is Cc1c(NC(=O)[C@@H](C)Oc2ccc3ccccc3c2)c(=O)n(-c2ccccc2)n1C. The number of para-hydroxylation sites is 1. The molecular formula is C24H23N3O3. The van der Waals surface area contributed by atoms with Crippen LogP contribution in [0.1, 0.15) is 12.6 Å². The smallest absolute Gasteiger partial charge is 0.295 e. The van der Waals surface area contributed by atoms with Crippen LogP contribution in [0.25, 0.3) is 16.5 Å². The molecule has 0 fully saturated rings. The number of carbonyl (C=O) groups excluding carboxylic acids is 1. The first-order valence-electron chi connectivity index (χ1n) is 9.76. The van der Waals surface area contributed by atoms with Gasteiger partial charge in [-0.1, -0.05) is 48.5 Å². The number of fused-ring (bicyclic) bond motifs is 1. The van der Waals surface area contributed by atoms with Gasteiger partial charge in [-0.25, -0.2) is 4.68 Å². The summed E-state index contributed by atoms with van der Waals surface area (Å²) in [4.78, 5) is 25.7. The predicted molar refractivity (Wildman–Crippen MR) is 118 cm³/mol. The van der Waals surface area contributed by atoms with Gasteiger partial charge in [0, 0.05) is 7.05 Å². The Morgan fingerprint density at radius 3 is 2.37 bits per heavy atom. The van der Waals surface area contributed by atoms with Gasteiger partial charge < -0.3 is 10.1 Å². The van der Waals surface area contributed by atoms with Crippen LogP contribution in [-0.2, 0) is 11.8 Å². The summed E-state index contributed by atoms with van der Waals surface area (Å²) in [5.41, 5.74) is 1.36. The normalized spacial score (nSPS) is 12.0. The Bertz CT molecular complexity index is 1270. The lowest BCUT2D eigenvalue weighted by Gasteiger charge is -2.14. The maximum atomic E-state index is 13.0. The second kappa shape index (κ2) is 7.91. The lowest BCUT2D eigenvalue weighted by atomic mass is 10.1. The van der Waals surface area contributed by atoms with E-state index in [0.29, 0.717) is 11.4 Å². The highest BCUT2D eigenvalue weighted by atomic mass is 16.5. The van der Waals surface area contributed by atoms with E-state index in [2.05, 4.69) is 5.32 Å². The Morgan fingerprint density at radius 1 is 0.967 bits per heavy atom. The molecule has 152 valence electrons. The largest absolute Gasteiger partial charge is 0.481 e. The molecule has 1 N–H and O–H groups in total. The molecule has 0 unspecified atom stereocenters. The van der Waals surface area contributed by atoms with Crippen LogP contribution >= 0.6 is 0 Å². The van der Waals surface area contributed by atoms with Gasteiger partial charge in [-0.15, -0.1) is 0 Å². The van der Waals surface area contributed by atoms with E-state index in [1.165, 1.54) is 4.68 Å². The number of benzene rings is 3. The number of hydrogen-bond acceptors (Lipinski definition) is 3. The van der Waals surface area contributed by atoms with Crippen molar-refractivity contribution in [2.24, 2.45) is 7.05 Å². The molecule has 3 aromatic carbocycles. The van der Waals surface area contributed by atoms with Crippen molar-refractivity contribution in [2.45, 2.75) is 20.0 Å². The number of anilines is 1. The zero-order valence-electron chi connectivity index (χ0n) is 17.1.